The Labute approximate surface area is 196 Å². The van der Waals surface area contributed by atoms with Gasteiger partial charge in [0.2, 0.25) is 5.88 Å². The zero-order valence-corrected chi connectivity index (χ0v) is 20.4. The van der Waals surface area contributed by atoms with E-state index in [0.29, 0.717) is 22.3 Å². The molecule has 0 fully saturated rings. The molecule has 2 aromatic carbocycles. The fourth-order valence-corrected chi connectivity index (χ4v) is 3.63. The average molecular weight is 469 g/mol. The Morgan fingerprint density at radius 1 is 1.18 bits per heavy atom. The van der Waals surface area contributed by atoms with E-state index in [1.165, 1.54) is 0 Å². The van der Waals surface area contributed by atoms with E-state index in [9.17, 15) is 9.35 Å². The lowest BCUT2D eigenvalue weighted by Gasteiger charge is -2.19. The molecule has 8 nitrogen and oxygen atoms in total. The van der Waals surface area contributed by atoms with E-state index in [0.717, 1.165) is 16.9 Å². The third-order valence-corrected chi connectivity index (χ3v) is 6.27. The summed E-state index contributed by atoms with van der Waals surface area (Å²) in [7, 11) is 1.59. The van der Waals surface area contributed by atoms with Gasteiger partial charge in [-0.1, -0.05) is 16.5 Å². The zero-order valence-electron chi connectivity index (χ0n) is 19.6. The lowest BCUT2D eigenvalue weighted by Crippen LogP contribution is -2.26. The van der Waals surface area contributed by atoms with Crippen molar-refractivity contribution in [2.45, 2.75) is 46.0 Å². The molecule has 33 heavy (non-hydrogen) atoms. The molecule has 1 amide bonds. The summed E-state index contributed by atoms with van der Waals surface area (Å²) in [5, 5.41) is 0. The van der Waals surface area contributed by atoms with E-state index in [1.54, 1.807) is 20.1 Å². The molecule has 0 aliphatic heterocycles. The minimum Gasteiger partial charge on any atom is -0.591 e. The number of aromatic nitrogens is 2. The number of aryl methyl sites for hydroxylation is 1. The summed E-state index contributed by atoms with van der Waals surface area (Å²) in [6.45, 7) is 9.41. The quantitative estimate of drug-likeness (QED) is 0.414. The van der Waals surface area contributed by atoms with Gasteiger partial charge < -0.3 is 19.8 Å². The molecule has 0 aliphatic rings. The molecule has 9 heteroatoms. The van der Waals surface area contributed by atoms with Crippen molar-refractivity contribution in [3.8, 4) is 11.6 Å². The molecule has 1 atom stereocenters. The standard InChI is InChI=1S/C24H28N4O4S/c1-14-11-18(15(2)28-33(30)24(3,4)5)20-19(12-14)26-21(22(25)29)23(27-20)32-13-16-7-9-17(31-6)10-8-16/h7-12H,13H2,1-6H3,(H2,25,29)/t33-/m1/s1. The molecular formula is C24H28N4O4S. The van der Waals surface area contributed by atoms with Gasteiger partial charge in [-0.25, -0.2) is 9.97 Å². The van der Waals surface area contributed by atoms with Crippen LogP contribution in [0.3, 0.4) is 0 Å². The van der Waals surface area contributed by atoms with Gasteiger partial charge >= 0.3 is 0 Å². The number of methoxy groups -OCH3 is 1. The number of benzene rings is 2. The van der Waals surface area contributed by atoms with Crippen molar-refractivity contribution in [2.24, 2.45) is 10.1 Å². The van der Waals surface area contributed by atoms with Gasteiger partial charge in [0.25, 0.3) is 5.91 Å². The monoisotopic (exact) mass is 468 g/mol. The van der Waals surface area contributed by atoms with Gasteiger partial charge in [-0.2, -0.15) is 0 Å². The number of nitrogens with two attached hydrogens (primary N) is 1. The topological polar surface area (TPSA) is 123 Å². The highest BCUT2D eigenvalue weighted by atomic mass is 32.2. The second kappa shape index (κ2) is 9.76. The summed E-state index contributed by atoms with van der Waals surface area (Å²) in [5.41, 5.74) is 9.44. The van der Waals surface area contributed by atoms with Crippen LogP contribution in [0.2, 0.25) is 0 Å². The molecule has 1 heterocycles. The van der Waals surface area contributed by atoms with Crippen LogP contribution in [0.1, 0.15) is 54.9 Å². The zero-order chi connectivity index (χ0) is 24.3. The molecule has 1 aromatic heterocycles. The van der Waals surface area contributed by atoms with Crippen LogP contribution >= 0.6 is 0 Å². The number of rotatable bonds is 7. The normalized spacial score (nSPS) is 13.1. The number of carbonyl (C=O) groups excluding carboxylic acids is 1. The predicted octanol–water partition coefficient (Wildman–Crippen LogP) is 3.90. The Morgan fingerprint density at radius 3 is 2.42 bits per heavy atom. The van der Waals surface area contributed by atoms with E-state index >= 15 is 0 Å². The Hall–Kier alpha value is -3.17. The molecule has 0 bridgehead atoms. The molecule has 174 valence electrons. The van der Waals surface area contributed by atoms with Gasteiger partial charge in [0.15, 0.2) is 5.69 Å². The SMILES string of the molecule is COc1ccc(COc2nc3c(C(C)=N[S@+]([O-])C(C)(C)C)cc(C)cc3nc2C(N)=O)cc1. The van der Waals surface area contributed by atoms with E-state index in [4.69, 9.17) is 15.2 Å². The Bertz CT molecular complexity index is 1200. The second-order valence-electron chi connectivity index (χ2n) is 8.60. The number of amides is 1. The molecular weight excluding hydrogens is 440 g/mol. The van der Waals surface area contributed by atoms with E-state index in [2.05, 4.69) is 14.4 Å². The van der Waals surface area contributed by atoms with Crippen LogP contribution in [-0.4, -0.2) is 38.0 Å². The van der Waals surface area contributed by atoms with Crippen LogP contribution in [0.5, 0.6) is 11.6 Å². The maximum absolute atomic E-state index is 12.6. The Morgan fingerprint density at radius 2 is 1.85 bits per heavy atom. The minimum atomic E-state index is -1.44. The maximum atomic E-state index is 12.6. The van der Waals surface area contributed by atoms with Gasteiger partial charge in [-0.05, 0) is 70.0 Å². The average Bonchev–Trinajstić information content (AvgIpc) is 2.76. The van der Waals surface area contributed by atoms with Gasteiger partial charge in [0, 0.05) is 5.56 Å². The van der Waals surface area contributed by atoms with E-state index in [-0.39, 0.29) is 18.2 Å². The van der Waals surface area contributed by atoms with Gasteiger partial charge in [-0.3, -0.25) is 4.79 Å². The highest BCUT2D eigenvalue weighted by molar-refractivity contribution is 7.91. The predicted molar refractivity (Wildman–Crippen MR) is 130 cm³/mol. The molecule has 0 saturated heterocycles. The number of fused-ring (bicyclic) bond motifs is 1. The van der Waals surface area contributed by atoms with E-state index in [1.807, 2.05) is 58.0 Å². The summed E-state index contributed by atoms with van der Waals surface area (Å²) in [5.74, 6) is 0.0153. The minimum absolute atomic E-state index is 0.0284. The lowest BCUT2D eigenvalue weighted by atomic mass is 10.1. The molecule has 0 radical (unpaired) electrons. The molecule has 3 rings (SSSR count). The highest BCUT2D eigenvalue weighted by Crippen LogP contribution is 2.26. The first-order valence-electron chi connectivity index (χ1n) is 10.3. The third-order valence-electron chi connectivity index (χ3n) is 4.78. The van der Waals surface area contributed by atoms with Crippen molar-refractivity contribution in [3.63, 3.8) is 0 Å². The van der Waals surface area contributed by atoms with Crippen LogP contribution in [0.4, 0.5) is 0 Å². The van der Waals surface area contributed by atoms with Gasteiger partial charge in [0.1, 0.15) is 34.0 Å². The molecule has 0 spiro atoms. The Kier molecular flexibility index (Phi) is 7.24. The van der Waals surface area contributed by atoms with Crippen LogP contribution in [0, 0.1) is 6.92 Å². The van der Waals surface area contributed by atoms with Crippen LogP contribution in [-0.2, 0) is 18.0 Å². The summed E-state index contributed by atoms with van der Waals surface area (Å²) in [6, 6.07) is 11.0. The van der Waals surface area contributed by atoms with Gasteiger partial charge in [0.05, 0.1) is 18.3 Å². The summed E-state index contributed by atoms with van der Waals surface area (Å²) in [6.07, 6.45) is 0. The first-order chi connectivity index (χ1) is 15.5. The number of carbonyl (C=O) groups is 1. The fraction of sp³-hybridized carbons (Fsp3) is 0.333. The number of primary amides is 1. The van der Waals surface area contributed by atoms with Gasteiger partial charge in [-0.15, -0.1) is 0 Å². The van der Waals surface area contributed by atoms with Crippen molar-refractivity contribution in [1.82, 2.24) is 9.97 Å². The third kappa shape index (κ3) is 5.80. The number of ether oxygens (including phenoxy) is 2. The molecule has 2 N–H and O–H groups in total. The van der Waals surface area contributed by atoms with Crippen LogP contribution < -0.4 is 15.2 Å². The maximum Gasteiger partial charge on any atom is 0.272 e. The number of hydrogen-bond acceptors (Lipinski definition) is 7. The smallest absolute Gasteiger partial charge is 0.272 e. The van der Waals surface area contributed by atoms with Crippen molar-refractivity contribution in [2.75, 3.05) is 7.11 Å². The number of nitrogens with zero attached hydrogens (tertiary/aromatic N) is 3. The molecule has 0 aliphatic carbocycles. The second-order valence-corrected chi connectivity index (χ2v) is 10.5. The molecule has 3 aromatic rings. The fourth-order valence-electron chi connectivity index (χ4n) is 3.01. The molecule has 0 saturated carbocycles. The first kappa shape index (κ1) is 24.5. The number of hydrogen-bond donors (Lipinski definition) is 1. The van der Waals surface area contributed by atoms with Crippen molar-refractivity contribution < 1.29 is 18.8 Å². The largest absolute Gasteiger partial charge is 0.591 e. The molecule has 0 unspecified atom stereocenters. The highest BCUT2D eigenvalue weighted by Gasteiger charge is 2.27. The Balaban J connectivity index is 2.06. The lowest BCUT2D eigenvalue weighted by molar-refractivity contribution is 0.0990. The summed E-state index contributed by atoms with van der Waals surface area (Å²) in [4.78, 5) is 21.1. The summed E-state index contributed by atoms with van der Waals surface area (Å²) < 4.78 is 27.5. The van der Waals surface area contributed by atoms with Crippen LogP contribution in [0.15, 0.2) is 40.8 Å². The summed E-state index contributed by atoms with van der Waals surface area (Å²) >= 11 is -1.44. The van der Waals surface area contributed by atoms with Crippen molar-refractivity contribution in [1.29, 1.82) is 0 Å². The van der Waals surface area contributed by atoms with Crippen LogP contribution in [0.25, 0.3) is 11.0 Å². The van der Waals surface area contributed by atoms with Crippen molar-refractivity contribution >= 4 is 34.0 Å². The van der Waals surface area contributed by atoms with Crippen molar-refractivity contribution in [3.05, 3.63) is 58.8 Å². The first-order valence-corrected chi connectivity index (χ1v) is 11.5. The van der Waals surface area contributed by atoms with E-state index < -0.39 is 22.0 Å².